The molecule has 0 saturated carbocycles. The van der Waals surface area contributed by atoms with Crippen LogP contribution < -0.4 is 10.4 Å². The minimum absolute atomic E-state index is 0.0493. The van der Waals surface area contributed by atoms with Crippen molar-refractivity contribution < 1.29 is 26.4 Å². The lowest BCUT2D eigenvalue weighted by atomic mass is 9.93. The third-order valence-electron chi connectivity index (χ3n) is 4.89. The van der Waals surface area contributed by atoms with E-state index in [9.17, 15) is 26.4 Å². The van der Waals surface area contributed by atoms with Crippen LogP contribution in [-0.2, 0) is 20.8 Å². The molecule has 9 heteroatoms. The Kier molecular flexibility index (Phi) is 3.99. The summed E-state index contributed by atoms with van der Waals surface area (Å²) in [6, 6.07) is 4.13. The average molecular weight is 386 g/mol. The number of halogens is 3. The lowest BCUT2D eigenvalue weighted by molar-refractivity contribution is -0.137. The molecule has 3 rings (SSSR count). The highest BCUT2D eigenvalue weighted by atomic mass is 32.2. The molecule has 5 nitrogen and oxygen atoms in total. The van der Waals surface area contributed by atoms with Gasteiger partial charge in [0.1, 0.15) is 0 Å². The van der Waals surface area contributed by atoms with Crippen molar-refractivity contribution >= 4 is 21.4 Å². The second-order valence-electron chi connectivity index (χ2n) is 6.60. The van der Waals surface area contributed by atoms with Gasteiger partial charge in [0, 0.05) is 6.42 Å². The number of anilines is 1. The van der Waals surface area contributed by atoms with Crippen LogP contribution in [0.25, 0.3) is 0 Å². The van der Waals surface area contributed by atoms with E-state index in [4.69, 9.17) is 0 Å². The smallest absolute Gasteiger partial charge is 0.294 e. The average Bonchev–Trinajstić information content (AvgIpc) is 2.78. The SMILES string of the molecule is C=C1NN(c2cccc(C(F)(F)F)c2)C(=O)[C@@]12CC(C)=C(C)CS2(=O)=O. The number of nitrogens with zero attached hydrogens (tertiary/aromatic N) is 1. The second-order valence-corrected chi connectivity index (χ2v) is 8.82. The third-order valence-corrected chi connectivity index (χ3v) is 7.33. The molecule has 1 amide bonds. The number of nitrogens with one attached hydrogen (secondary N) is 1. The van der Waals surface area contributed by atoms with Crippen molar-refractivity contribution in [1.29, 1.82) is 0 Å². The molecule has 1 saturated heterocycles. The number of sulfone groups is 1. The summed E-state index contributed by atoms with van der Waals surface area (Å²) >= 11 is 0. The minimum atomic E-state index is -4.58. The fourth-order valence-corrected chi connectivity index (χ4v) is 5.54. The lowest BCUT2D eigenvalue weighted by Gasteiger charge is -2.32. The fraction of sp³-hybridized carbons (Fsp3) is 0.353. The normalized spacial score (nSPS) is 25.8. The molecule has 1 aromatic rings. The van der Waals surface area contributed by atoms with Gasteiger partial charge in [-0.15, -0.1) is 0 Å². The Labute approximate surface area is 149 Å². The van der Waals surface area contributed by atoms with Crippen molar-refractivity contribution in [2.24, 2.45) is 0 Å². The fourth-order valence-electron chi connectivity index (χ4n) is 3.26. The Morgan fingerprint density at radius 1 is 1.23 bits per heavy atom. The number of hydrogen-bond acceptors (Lipinski definition) is 4. The number of hydrogen-bond donors (Lipinski definition) is 1. The molecule has 2 heterocycles. The molecule has 0 bridgehead atoms. The second kappa shape index (κ2) is 5.60. The monoisotopic (exact) mass is 386 g/mol. The molecule has 1 spiro atoms. The summed E-state index contributed by atoms with van der Waals surface area (Å²) in [5.74, 6) is -1.13. The number of carbonyl (C=O) groups is 1. The minimum Gasteiger partial charge on any atom is -0.294 e. The largest absolute Gasteiger partial charge is 0.416 e. The van der Waals surface area contributed by atoms with Gasteiger partial charge >= 0.3 is 6.18 Å². The summed E-state index contributed by atoms with van der Waals surface area (Å²) in [7, 11) is -3.92. The van der Waals surface area contributed by atoms with E-state index in [-0.39, 0.29) is 23.6 Å². The first kappa shape index (κ1) is 18.5. The predicted molar refractivity (Wildman–Crippen MR) is 90.7 cm³/mol. The quantitative estimate of drug-likeness (QED) is 0.754. The molecule has 140 valence electrons. The van der Waals surface area contributed by atoms with Gasteiger partial charge < -0.3 is 0 Å². The summed E-state index contributed by atoms with van der Waals surface area (Å²) in [6.45, 7) is 7.10. The van der Waals surface area contributed by atoms with Gasteiger partial charge in [0.05, 0.1) is 22.7 Å². The Morgan fingerprint density at radius 2 is 1.88 bits per heavy atom. The van der Waals surface area contributed by atoms with E-state index >= 15 is 0 Å². The van der Waals surface area contributed by atoms with Crippen LogP contribution in [-0.4, -0.2) is 24.8 Å². The summed E-state index contributed by atoms with van der Waals surface area (Å²) in [5, 5.41) is 0.836. The molecule has 1 N–H and O–H groups in total. The number of amides is 1. The van der Waals surface area contributed by atoms with E-state index in [0.717, 1.165) is 28.8 Å². The summed E-state index contributed by atoms with van der Waals surface area (Å²) in [4.78, 5) is 13.0. The van der Waals surface area contributed by atoms with Crippen LogP contribution in [0.4, 0.5) is 18.9 Å². The zero-order valence-electron chi connectivity index (χ0n) is 14.1. The van der Waals surface area contributed by atoms with Gasteiger partial charge in [-0.05, 0) is 32.0 Å². The van der Waals surface area contributed by atoms with Crippen molar-refractivity contribution in [3.63, 3.8) is 0 Å². The van der Waals surface area contributed by atoms with Crippen molar-refractivity contribution in [3.8, 4) is 0 Å². The molecule has 0 aromatic heterocycles. The Bertz CT molecular complexity index is 950. The van der Waals surface area contributed by atoms with Crippen LogP contribution in [0.3, 0.4) is 0 Å². The molecule has 2 aliphatic rings. The van der Waals surface area contributed by atoms with Crippen LogP contribution in [0, 0.1) is 0 Å². The lowest BCUT2D eigenvalue weighted by Crippen LogP contribution is -2.51. The highest BCUT2D eigenvalue weighted by Crippen LogP contribution is 2.44. The topological polar surface area (TPSA) is 66.5 Å². The molecular formula is C17H17F3N2O3S. The number of hydrazine groups is 1. The summed E-state index contributed by atoms with van der Waals surface area (Å²) < 4.78 is 62.6. The van der Waals surface area contributed by atoms with Gasteiger partial charge in [-0.25, -0.2) is 13.4 Å². The highest BCUT2D eigenvalue weighted by Gasteiger charge is 2.61. The highest BCUT2D eigenvalue weighted by molar-refractivity contribution is 7.94. The molecular weight excluding hydrogens is 369 g/mol. The van der Waals surface area contributed by atoms with E-state index in [1.807, 2.05) is 0 Å². The zero-order chi connectivity index (χ0) is 19.5. The van der Waals surface area contributed by atoms with Crippen molar-refractivity contribution in [1.82, 2.24) is 5.43 Å². The predicted octanol–water partition coefficient (Wildman–Crippen LogP) is 2.96. The first-order valence-electron chi connectivity index (χ1n) is 7.75. The van der Waals surface area contributed by atoms with Gasteiger partial charge in [0.15, 0.2) is 14.6 Å². The van der Waals surface area contributed by atoms with Crippen LogP contribution in [0.5, 0.6) is 0 Å². The Hall–Kier alpha value is -2.29. The van der Waals surface area contributed by atoms with Crippen LogP contribution >= 0.6 is 0 Å². The van der Waals surface area contributed by atoms with Gasteiger partial charge in [0.25, 0.3) is 5.91 Å². The first-order chi connectivity index (χ1) is 11.9. The molecule has 1 atom stereocenters. The van der Waals surface area contributed by atoms with Gasteiger partial charge in [-0.3, -0.25) is 10.2 Å². The maximum Gasteiger partial charge on any atom is 0.416 e. The molecule has 0 aliphatic carbocycles. The van der Waals surface area contributed by atoms with Crippen molar-refractivity contribution in [2.75, 3.05) is 10.8 Å². The van der Waals surface area contributed by atoms with Gasteiger partial charge in [0.2, 0.25) is 0 Å². The van der Waals surface area contributed by atoms with E-state index in [1.165, 1.54) is 6.07 Å². The summed E-state index contributed by atoms with van der Waals surface area (Å²) in [6.07, 6.45) is -4.65. The third kappa shape index (κ3) is 2.53. The molecule has 1 fully saturated rings. The van der Waals surface area contributed by atoms with Gasteiger partial charge in [-0.2, -0.15) is 13.2 Å². The van der Waals surface area contributed by atoms with Crippen molar-refractivity contribution in [2.45, 2.75) is 31.2 Å². The summed E-state index contributed by atoms with van der Waals surface area (Å²) in [5.41, 5.74) is 2.90. The van der Waals surface area contributed by atoms with Crippen molar-refractivity contribution in [3.05, 3.63) is 53.3 Å². The Balaban J connectivity index is 2.09. The molecule has 26 heavy (non-hydrogen) atoms. The number of carbonyl (C=O) groups excluding carboxylic acids is 1. The van der Waals surface area contributed by atoms with Gasteiger partial charge in [-0.1, -0.05) is 23.8 Å². The number of allylic oxidation sites excluding steroid dienone is 1. The zero-order valence-corrected chi connectivity index (χ0v) is 15.0. The van der Waals surface area contributed by atoms with Crippen LogP contribution in [0.15, 0.2) is 47.7 Å². The van der Waals surface area contributed by atoms with Crippen LogP contribution in [0.2, 0.25) is 0 Å². The standard InChI is InChI=1S/C17H17F3N2O3S/c1-10-8-16(26(24,25)9-11(10)2)12(3)21-22(15(16)23)14-6-4-5-13(7-14)17(18,19)20/h4-7,21H,3,8-9H2,1-2H3/t16-/m1/s1. The molecule has 1 aromatic carbocycles. The Morgan fingerprint density at radius 3 is 2.50 bits per heavy atom. The molecule has 2 aliphatic heterocycles. The number of alkyl halides is 3. The maximum absolute atomic E-state index is 13.0. The maximum atomic E-state index is 13.0. The van der Waals surface area contributed by atoms with E-state index in [0.29, 0.717) is 5.57 Å². The number of rotatable bonds is 1. The number of benzene rings is 1. The van der Waals surface area contributed by atoms with Crippen LogP contribution in [0.1, 0.15) is 25.8 Å². The van der Waals surface area contributed by atoms with E-state index < -0.39 is 32.2 Å². The molecule has 0 unspecified atom stereocenters. The molecule has 0 radical (unpaired) electrons. The van der Waals surface area contributed by atoms with E-state index in [2.05, 4.69) is 12.0 Å². The first-order valence-corrected chi connectivity index (χ1v) is 9.41. The van der Waals surface area contributed by atoms with E-state index in [1.54, 1.807) is 13.8 Å².